The number of fused-ring (bicyclic) bond motifs is 1. The molecule has 4 heteroatoms. The molecule has 2 rings (SSSR count). The zero-order valence-corrected chi connectivity index (χ0v) is 13.2. The number of anilines is 1. The Balaban J connectivity index is 1.81. The Labute approximate surface area is 127 Å². The van der Waals surface area contributed by atoms with E-state index in [1.165, 1.54) is 11.3 Å². The predicted octanol–water partition coefficient (Wildman–Crippen LogP) is 2.51. The molecule has 0 saturated heterocycles. The Morgan fingerprint density at radius 1 is 1.33 bits per heavy atom. The smallest absolute Gasteiger partial charge is 0.251 e. The van der Waals surface area contributed by atoms with Crippen molar-refractivity contribution < 1.29 is 4.79 Å². The topological polar surface area (TPSA) is 44.4 Å². The quantitative estimate of drug-likeness (QED) is 0.758. The first-order valence-corrected chi connectivity index (χ1v) is 8.12. The maximum absolute atomic E-state index is 12.2. The van der Waals surface area contributed by atoms with Gasteiger partial charge in [-0.3, -0.25) is 4.79 Å². The van der Waals surface area contributed by atoms with E-state index in [1.807, 2.05) is 18.2 Å². The zero-order chi connectivity index (χ0) is 15.1. The van der Waals surface area contributed by atoms with E-state index in [0.29, 0.717) is 0 Å². The number of benzene rings is 1. The summed E-state index contributed by atoms with van der Waals surface area (Å²) in [7, 11) is 0. The van der Waals surface area contributed by atoms with Gasteiger partial charge in [0.15, 0.2) is 0 Å². The zero-order valence-electron chi connectivity index (χ0n) is 13.2. The fraction of sp³-hybridized carbons (Fsp3) is 0.588. The van der Waals surface area contributed by atoms with Crippen LogP contribution in [0.25, 0.3) is 0 Å². The maximum atomic E-state index is 12.2. The van der Waals surface area contributed by atoms with Gasteiger partial charge in [-0.2, -0.15) is 0 Å². The van der Waals surface area contributed by atoms with Crippen molar-refractivity contribution in [2.45, 2.75) is 33.1 Å². The van der Waals surface area contributed by atoms with Gasteiger partial charge in [-0.05, 0) is 62.7 Å². The summed E-state index contributed by atoms with van der Waals surface area (Å²) in [6, 6.07) is 5.97. The molecule has 0 saturated carbocycles. The fourth-order valence-electron chi connectivity index (χ4n) is 2.76. The summed E-state index contributed by atoms with van der Waals surface area (Å²) in [5.41, 5.74) is 3.22. The Morgan fingerprint density at radius 3 is 2.90 bits per heavy atom. The molecule has 1 amide bonds. The normalized spacial score (nSPS) is 13.7. The predicted molar refractivity (Wildman–Crippen MR) is 88.0 cm³/mol. The Bertz CT molecular complexity index is 469. The molecule has 4 nitrogen and oxygen atoms in total. The highest BCUT2D eigenvalue weighted by atomic mass is 16.1. The lowest BCUT2D eigenvalue weighted by Gasteiger charge is -2.19. The lowest BCUT2D eigenvalue weighted by molar-refractivity contribution is 0.0951. The Morgan fingerprint density at radius 2 is 2.14 bits per heavy atom. The van der Waals surface area contributed by atoms with Crippen molar-refractivity contribution in [1.82, 2.24) is 10.2 Å². The van der Waals surface area contributed by atoms with E-state index in [2.05, 4.69) is 29.4 Å². The molecular weight excluding hydrogens is 262 g/mol. The van der Waals surface area contributed by atoms with Crippen LogP contribution in [0.2, 0.25) is 0 Å². The van der Waals surface area contributed by atoms with Crippen LogP contribution in [0.5, 0.6) is 0 Å². The van der Waals surface area contributed by atoms with Crippen LogP contribution in [-0.4, -0.2) is 43.5 Å². The average molecular weight is 289 g/mol. The molecule has 0 fully saturated rings. The first-order valence-electron chi connectivity index (χ1n) is 8.12. The van der Waals surface area contributed by atoms with Crippen LogP contribution < -0.4 is 10.6 Å². The first-order chi connectivity index (χ1) is 10.2. The molecule has 0 aromatic heterocycles. The number of amides is 1. The van der Waals surface area contributed by atoms with E-state index in [4.69, 9.17) is 0 Å². The second-order valence-electron chi connectivity index (χ2n) is 5.54. The van der Waals surface area contributed by atoms with E-state index in [-0.39, 0.29) is 5.91 Å². The first kappa shape index (κ1) is 15.8. The van der Waals surface area contributed by atoms with Crippen LogP contribution in [0.3, 0.4) is 0 Å². The third-order valence-electron chi connectivity index (χ3n) is 4.14. The van der Waals surface area contributed by atoms with Crippen molar-refractivity contribution >= 4 is 11.6 Å². The van der Waals surface area contributed by atoms with Crippen LogP contribution >= 0.6 is 0 Å². The van der Waals surface area contributed by atoms with Crippen LogP contribution in [0.15, 0.2) is 18.2 Å². The van der Waals surface area contributed by atoms with Gasteiger partial charge in [0.2, 0.25) is 0 Å². The summed E-state index contributed by atoms with van der Waals surface area (Å²) in [6.45, 7) is 9.30. The van der Waals surface area contributed by atoms with Gasteiger partial charge >= 0.3 is 0 Å². The lowest BCUT2D eigenvalue weighted by Crippen LogP contribution is -2.30. The Hall–Kier alpha value is -1.55. The molecule has 1 aromatic rings. The van der Waals surface area contributed by atoms with E-state index >= 15 is 0 Å². The summed E-state index contributed by atoms with van der Waals surface area (Å²) < 4.78 is 0. The van der Waals surface area contributed by atoms with Crippen LogP contribution in [0, 0.1) is 0 Å². The minimum atomic E-state index is 0.0444. The van der Waals surface area contributed by atoms with Gasteiger partial charge in [0.05, 0.1) is 0 Å². The third kappa shape index (κ3) is 4.46. The molecule has 1 aromatic carbocycles. The van der Waals surface area contributed by atoms with E-state index < -0.39 is 0 Å². The molecule has 0 spiro atoms. The highest BCUT2D eigenvalue weighted by molar-refractivity contribution is 5.94. The monoisotopic (exact) mass is 289 g/mol. The van der Waals surface area contributed by atoms with Crippen LogP contribution in [-0.2, 0) is 6.42 Å². The summed E-state index contributed by atoms with van der Waals surface area (Å²) in [6.07, 6.45) is 3.20. The highest BCUT2D eigenvalue weighted by Crippen LogP contribution is 2.22. The molecule has 0 atom stereocenters. The summed E-state index contributed by atoms with van der Waals surface area (Å²) in [5, 5.41) is 6.39. The van der Waals surface area contributed by atoms with Crippen molar-refractivity contribution in [3.8, 4) is 0 Å². The van der Waals surface area contributed by atoms with Gasteiger partial charge in [0.25, 0.3) is 5.91 Å². The summed E-state index contributed by atoms with van der Waals surface area (Å²) in [5.74, 6) is 0.0444. The second kappa shape index (κ2) is 8.03. The Kier molecular flexibility index (Phi) is 6.05. The molecule has 1 aliphatic heterocycles. The van der Waals surface area contributed by atoms with Crippen molar-refractivity contribution in [3.63, 3.8) is 0 Å². The molecule has 116 valence electrons. The molecule has 1 aliphatic rings. The van der Waals surface area contributed by atoms with Gasteiger partial charge < -0.3 is 15.5 Å². The van der Waals surface area contributed by atoms with Gasteiger partial charge in [-0.15, -0.1) is 0 Å². The van der Waals surface area contributed by atoms with Gasteiger partial charge in [-0.1, -0.05) is 13.8 Å². The van der Waals surface area contributed by atoms with Gasteiger partial charge in [-0.25, -0.2) is 0 Å². The van der Waals surface area contributed by atoms with E-state index in [9.17, 15) is 4.79 Å². The highest BCUT2D eigenvalue weighted by Gasteiger charge is 2.12. The molecular formula is C17H27N3O. The minimum Gasteiger partial charge on any atom is -0.385 e. The maximum Gasteiger partial charge on any atom is 0.251 e. The average Bonchev–Trinajstić information content (AvgIpc) is 2.54. The number of carbonyl (C=O) groups is 1. The van der Waals surface area contributed by atoms with Crippen LogP contribution in [0.4, 0.5) is 5.69 Å². The summed E-state index contributed by atoms with van der Waals surface area (Å²) >= 11 is 0. The molecule has 2 N–H and O–H groups in total. The molecule has 0 unspecified atom stereocenters. The number of nitrogens with one attached hydrogen (secondary N) is 2. The lowest BCUT2D eigenvalue weighted by atomic mass is 10.0. The van der Waals surface area contributed by atoms with Crippen molar-refractivity contribution in [3.05, 3.63) is 29.3 Å². The van der Waals surface area contributed by atoms with Crippen molar-refractivity contribution in [2.24, 2.45) is 0 Å². The number of hydrogen-bond donors (Lipinski definition) is 2. The van der Waals surface area contributed by atoms with Gasteiger partial charge in [0.1, 0.15) is 0 Å². The molecule has 0 aliphatic carbocycles. The number of aryl methyl sites for hydroxylation is 1. The summed E-state index contributed by atoms with van der Waals surface area (Å²) in [4.78, 5) is 14.5. The van der Waals surface area contributed by atoms with E-state index in [0.717, 1.165) is 57.5 Å². The molecule has 0 bridgehead atoms. The number of hydrogen-bond acceptors (Lipinski definition) is 3. The van der Waals surface area contributed by atoms with Gasteiger partial charge in [0, 0.05) is 24.3 Å². The number of carbonyl (C=O) groups excluding carboxylic acids is 1. The third-order valence-corrected chi connectivity index (χ3v) is 4.14. The van der Waals surface area contributed by atoms with E-state index in [1.54, 1.807) is 0 Å². The molecule has 1 heterocycles. The molecule has 0 radical (unpaired) electrons. The number of nitrogens with zero attached hydrogens (tertiary/aromatic N) is 1. The number of rotatable bonds is 7. The van der Waals surface area contributed by atoms with Crippen molar-refractivity contribution in [1.29, 1.82) is 0 Å². The van der Waals surface area contributed by atoms with Crippen molar-refractivity contribution in [2.75, 3.05) is 38.0 Å². The minimum absolute atomic E-state index is 0.0444. The standard InChI is InChI=1S/C17H27N3O/c1-3-20(4-2)12-6-11-19-17(21)15-8-9-16-14(13-15)7-5-10-18-16/h8-9,13,18H,3-7,10-12H2,1-2H3,(H,19,21). The van der Waals surface area contributed by atoms with Crippen LogP contribution in [0.1, 0.15) is 42.6 Å². The molecule has 21 heavy (non-hydrogen) atoms. The largest absolute Gasteiger partial charge is 0.385 e. The SMILES string of the molecule is CCN(CC)CCCNC(=O)c1ccc2c(c1)CCCN2. The fourth-order valence-corrected chi connectivity index (χ4v) is 2.76. The second-order valence-corrected chi connectivity index (χ2v) is 5.54.